The zero-order chi connectivity index (χ0) is 18.6. The lowest BCUT2D eigenvalue weighted by molar-refractivity contribution is 0.0790. The third-order valence-corrected chi connectivity index (χ3v) is 5.11. The number of aromatic nitrogens is 3. The number of nitrogens with two attached hydrogens (primary N) is 1. The van der Waals surface area contributed by atoms with Crippen molar-refractivity contribution in [2.24, 2.45) is 12.8 Å². The molecule has 0 unspecified atom stereocenters. The second kappa shape index (κ2) is 5.95. The van der Waals surface area contributed by atoms with Crippen LogP contribution in [0.5, 0.6) is 0 Å². The molecule has 0 saturated carbocycles. The van der Waals surface area contributed by atoms with Crippen molar-refractivity contribution in [2.45, 2.75) is 32.7 Å². The number of aryl methyl sites for hydroxylation is 4. The highest BCUT2D eigenvalue weighted by Crippen LogP contribution is 2.30. The highest BCUT2D eigenvalue weighted by Gasteiger charge is 2.37. The van der Waals surface area contributed by atoms with Gasteiger partial charge in [0.2, 0.25) is 0 Å². The minimum absolute atomic E-state index is 0.0149. The molecule has 0 aromatic carbocycles. The Hall–Kier alpha value is -2.67. The van der Waals surface area contributed by atoms with Gasteiger partial charge in [-0.25, -0.2) is 4.98 Å². The smallest absolute Gasteiger partial charge is 0.254 e. The Labute approximate surface area is 151 Å². The van der Waals surface area contributed by atoms with Crippen LogP contribution in [0.3, 0.4) is 0 Å². The third-order valence-electron chi connectivity index (χ3n) is 5.11. The second-order valence-electron chi connectivity index (χ2n) is 7.15. The first-order valence-electron chi connectivity index (χ1n) is 8.77. The number of carbonyl (C=O) groups excluding carboxylic acids is 1. The molecule has 0 spiro atoms. The number of hydrogen-bond acceptors (Lipinski definition) is 5. The molecule has 3 aromatic heterocycles. The molecule has 1 aliphatic heterocycles. The van der Waals surface area contributed by atoms with E-state index in [2.05, 4.69) is 10.1 Å². The Morgan fingerprint density at radius 2 is 2.04 bits per heavy atom. The van der Waals surface area contributed by atoms with E-state index in [1.807, 2.05) is 50.9 Å². The van der Waals surface area contributed by atoms with Gasteiger partial charge in [0, 0.05) is 31.9 Å². The number of fused-ring (bicyclic) bond motifs is 1. The fourth-order valence-corrected chi connectivity index (χ4v) is 3.86. The number of pyridine rings is 1. The predicted molar refractivity (Wildman–Crippen MR) is 98.0 cm³/mol. The van der Waals surface area contributed by atoms with Gasteiger partial charge in [0.05, 0.1) is 22.6 Å². The standard InChI is InChI=1S/C19H23N5O2/c1-10-7-13(17-12(3)22-23(4)18(17)21-10)19(25)24-8-14(15(20)9-24)16-6-5-11(2)26-16/h5-7,14-15H,8-9,20H2,1-4H3/t14-,15-/m0/s1. The molecule has 7 nitrogen and oxygen atoms in total. The normalized spacial score (nSPS) is 20.3. The summed E-state index contributed by atoms with van der Waals surface area (Å²) in [6.07, 6.45) is 0. The maximum Gasteiger partial charge on any atom is 0.254 e. The Morgan fingerprint density at radius 1 is 1.27 bits per heavy atom. The van der Waals surface area contributed by atoms with E-state index in [1.165, 1.54) is 0 Å². The topological polar surface area (TPSA) is 90.2 Å². The van der Waals surface area contributed by atoms with E-state index in [0.29, 0.717) is 18.7 Å². The first-order chi connectivity index (χ1) is 12.3. The molecular formula is C19H23N5O2. The van der Waals surface area contributed by atoms with Crippen molar-refractivity contribution < 1.29 is 9.21 Å². The predicted octanol–water partition coefficient (Wildman–Crippen LogP) is 2.05. The van der Waals surface area contributed by atoms with Gasteiger partial charge in [-0.3, -0.25) is 9.48 Å². The second-order valence-corrected chi connectivity index (χ2v) is 7.15. The van der Waals surface area contributed by atoms with Crippen LogP contribution >= 0.6 is 0 Å². The van der Waals surface area contributed by atoms with Crippen LogP contribution in [-0.2, 0) is 7.05 Å². The van der Waals surface area contributed by atoms with Crippen LogP contribution in [0.25, 0.3) is 11.0 Å². The van der Waals surface area contributed by atoms with Crippen LogP contribution in [0.2, 0.25) is 0 Å². The highest BCUT2D eigenvalue weighted by atomic mass is 16.3. The molecule has 1 amide bonds. The van der Waals surface area contributed by atoms with Crippen LogP contribution in [-0.4, -0.2) is 44.7 Å². The lowest BCUT2D eigenvalue weighted by Gasteiger charge is -2.17. The van der Waals surface area contributed by atoms with Gasteiger partial charge in [-0.15, -0.1) is 0 Å². The maximum atomic E-state index is 13.3. The van der Waals surface area contributed by atoms with Crippen molar-refractivity contribution in [3.63, 3.8) is 0 Å². The molecule has 0 radical (unpaired) electrons. The van der Waals surface area contributed by atoms with Crippen LogP contribution in [0.15, 0.2) is 22.6 Å². The van der Waals surface area contributed by atoms with Crippen molar-refractivity contribution in [2.75, 3.05) is 13.1 Å². The molecule has 0 bridgehead atoms. The number of furan rings is 1. The largest absolute Gasteiger partial charge is 0.466 e. The molecule has 2 atom stereocenters. The number of rotatable bonds is 2. The van der Waals surface area contributed by atoms with Crippen molar-refractivity contribution in [3.05, 3.63) is 46.7 Å². The summed E-state index contributed by atoms with van der Waals surface area (Å²) in [5.74, 6) is 1.69. The Balaban J connectivity index is 1.70. The number of nitrogens with zero attached hydrogens (tertiary/aromatic N) is 4. The van der Waals surface area contributed by atoms with Gasteiger partial charge in [0.1, 0.15) is 11.5 Å². The summed E-state index contributed by atoms with van der Waals surface area (Å²) in [5, 5.41) is 5.24. The van der Waals surface area contributed by atoms with Crippen molar-refractivity contribution in [1.82, 2.24) is 19.7 Å². The Bertz CT molecular complexity index is 1000. The number of amides is 1. The first-order valence-corrected chi connectivity index (χ1v) is 8.77. The molecule has 7 heteroatoms. The zero-order valence-corrected chi connectivity index (χ0v) is 15.5. The summed E-state index contributed by atoms with van der Waals surface area (Å²) in [7, 11) is 1.84. The monoisotopic (exact) mass is 353 g/mol. The third kappa shape index (κ3) is 2.59. The van der Waals surface area contributed by atoms with Gasteiger partial charge in [-0.2, -0.15) is 5.10 Å². The van der Waals surface area contributed by atoms with E-state index in [1.54, 1.807) is 4.68 Å². The summed E-state index contributed by atoms with van der Waals surface area (Å²) < 4.78 is 7.46. The van der Waals surface area contributed by atoms with E-state index in [0.717, 1.165) is 33.9 Å². The molecule has 1 aliphatic rings. The van der Waals surface area contributed by atoms with Crippen LogP contribution in [0.4, 0.5) is 0 Å². The quantitative estimate of drug-likeness (QED) is 0.761. The molecule has 4 heterocycles. The highest BCUT2D eigenvalue weighted by molar-refractivity contribution is 6.06. The van der Waals surface area contributed by atoms with E-state index in [9.17, 15) is 4.79 Å². The molecule has 26 heavy (non-hydrogen) atoms. The van der Waals surface area contributed by atoms with Crippen LogP contribution in [0, 0.1) is 20.8 Å². The molecule has 136 valence electrons. The van der Waals surface area contributed by atoms with E-state index >= 15 is 0 Å². The lowest BCUT2D eigenvalue weighted by Crippen LogP contribution is -2.32. The molecular weight excluding hydrogens is 330 g/mol. The van der Waals surface area contributed by atoms with Crippen LogP contribution < -0.4 is 5.73 Å². The van der Waals surface area contributed by atoms with Crippen molar-refractivity contribution >= 4 is 16.9 Å². The molecule has 1 saturated heterocycles. The number of likely N-dealkylation sites (tertiary alicyclic amines) is 1. The van der Waals surface area contributed by atoms with E-state index in [-0.39, 0.29) is 17.9 Å². The average molecular weight is 353 g/mol. The fraction of sp³-hybridized carbons (Fsp3) is 0.421. The molecule has 1 fully saturated rings. The average Bonchev–Trinajstić information content (AvgIpc) is 3.25. The van der Waals surface area contributed by atoms with Gasteiger partial charge in [0.15, 0.2) is 5.65 Å². The summed E-state index contributed by atoms with van der Waals surface area (Å²) >= 11 is 0. The fourth-order valence-electron chi connectivity index (χ4n) is 3.86. The Morgan fingerprint density at radius 3 is 2.73 bits per heavy atom. The van der Waals surface area contributed by atoms with Gasteiger partial charge in [0.25, 0.3) is 5.91 Å². The molecule has 4 rings (SSSR count). The summed E-state index contributed by atoms with van der Waals surface area (Å²) in [6, 6.07) is 5.59. The van der Waals surface area contributed by atoms with Gasteiger partial charge in [-0.05, 0) is 39.0 Å². The SMILES string of the molecule is Cc1cc(C(=O)N2C[C@H](c3ccc(C)o3)[C@@H](N)C2)c2c(C)nn(C)c2n1. The van der Waals surface area contributed by atoms with Crippen molar-refractivity contribution in [3.8, 4) is 0 Å². The van der Waals surface area contributed by atoms with Crippen molar-refractivity contribution in [1.29, 1.82) is 0 Å². The Kier molecular flexibility index (Phi) is 3.84. The van der Waals surface area contributed by atoms with Gasteiger partial charge in [-0.1, -0.05) is 0 Å². The maximum absolute atomic E-state index is 13.3. The summed E-state index contributed by atoms with van der Waals surface area (Å²) in [6.45, 7) is 6.76. The first kappa shape index (κ1) is 16.8. The summed E-state index contributed by atoms with van der Waals surface area (Å²) in [4.78, 5) is 19.6. The minimum Gasteiger partial charge on any atom is -0.466 e. The van der Waals surface area contributed by atoms with E-state index < -0.39 is 0 Å². The van der Waals surface area contributed by atoms with Crippen LogP contribution in [0.1, 0.15) is 39.2 Å². The molecule has 0 aliphatic carbocycles. The summed E-state index contributed by atoms with van der Waals surface area (Å²) in [5.41, 5.74) is 9.29. The zero-order valence-electron chi connectivity index (χ0n) is 15.5. The number of carbonyl (C=O) groups is 1. The molecule has 2 N–H and O–H groups in total. The van der Waals surface area contributed by atoms with E-state index in [4.69, 9.17) is 10.2 Å². The number of hydrogen-bond donors (Lipinski definition) is 1. The molecule has 3 aromatic rings. The van der Waals surface area contributed by atoms with Gasteiger partial charge >= 0.3 is 0 Å². The van der Waals surface area contributed by atoms with Gasteiger partial charge < -0.3 is 15.1 Å². The lowest BCUT2D eigenvalue weighted by atomic mass is 10.0. The minimum atomic E-state index is -0.141.